The Kier molecular flexibility index (Phi) is 7.74. The molecule has 0 bridgehead atoms. The van der Waals surface area contributed by atoms with Crippen LogP contribution in [0, 0.1) is 10.5 Å². The first-order valence-electron chi connectivity index (χ1n) is 9.61. The van der Waals surface area contributed by atoms with Crippen LogP contribution in [0.25, 0.3) is 6.08 Å². The maximum absolute atomic E-state index is 13.1. The molecule has 33 heavy (non-hydrogen) atoms. The second-order valence-electron chi connectivity index (χ2n) is 6.84. The molecule has 9 nitrogen and oxygen atoms in total. The fourth-order valence-corrected chi connectivity index (χ4v) is 4.06. The smallest absolute Gasteiger partial charge is 0.341 e. The highest BCUT2D eigenvalue weighted by Gasteiger charge is 2.37. The van der Waals surface area contributed by atoms with E-state index in [0.29, 0.717) is 14.8 Å². The molecular weight excluding hydrogens is 611 g/mol. The van der Waals surface area contributed by atoms with E-state index in [2.05, 4.69) is 21.2 Å². The van der Waals surface area contributed by atoms with Gasteiger partial charge in [-0.05, 0) is 84.0 Å². The number of rotatable bonds is 7. The van der Waals surface area contributed by atoms with Gasteiger partial charge in [-0.15, -0.1) is 0 Å². The molecule has 0 aromatic heterocycles. The number of aliphatic carboxylic acids is 1. The van der Waals surface area contributed by atoms with Crippen LogP contribution < -0.4 is 19.7 Å². The lowest BCUT2D eigenvalue weighted by Gasteiger charge is -2.26. The molecule has 0 spiro atoms. The highest BCUT2D eigenvalue weighted by Crippen LogP contribution is 2.35. The van der Waals surface area contributed by atoms with Crippen LogP contribution in [0.4, 0.5) is 10.5 Å². The van der Waals surface area contributed by atoms with Crippen molar-refractivity contribution in [1.82, 2.24) is 5.32 Å². The highest BCUT2D eigenvalue weighted by molar-refractivity contribution is 14.1. The second-order valence-corrected chi connectivity index (χ2v) is 8.85. The molecule has 172 valence electrons. The molecule has 11 heteroatoms. The van der Waals surface area contributed by atoms with Gasteiger partial charge in [-0.1, -0.05) is 15.9 Å². The van der Waals surface area contributed by atoms with Crippen molar-refractivity contribution >= 4 is 74.1 Å². The summed E-state index contributed by atoms with van der Waals surface area (Å²) in [4.78, 5) is 49.8. The van der Waals surface area contributed by atoms with Crippen molar-refractivity contribution in [3.8, 4) is 11.5 Å². The van der Waals surface area contributed by atoms with E-state index in [-0.39, 0.29) is 23.7 Å². The van der Waals surface area contributed by atoms with Gasteiger partial charge in [0.2, 0.25) is 0 Å². The summed E-state index contributed by atoms with van der Waals surface area (Å²) in [6, 6.07) is 7.24. The number of halogens is 2. The Morgan fingerprint density at radius 3 is 2.58 bits per heavy atom. The Labute approximate surface area is 211 Å². The van der Waals surface area contributed by atoms with Gasteiger partial charge in [0.15, 0.2) is 18.1 Å². The predicted molar refractivity (Wildman–Crippen MR) is 131 cm³/mol. The van der Waals surface area contributed by atoms with Crippen molar-refractivity contribution in [3.63, 3.8) is 0 Å². The van der Waals surface area contributed by atoms with Crippen molar-refractivity contribution in [2.75, 3.05) is 18.1 Å². The molecule has 1 fully saturated rings. The Morgan fingerprint density at radius 2 is 1.94 bits per heavy atom. The Hall–Kier alpha value is -2.93. The summed E-state index contributed by atoms with van der Waals surface area (Å²) in [7, 11) is 0. The molecule has 2 aromatic carbocycles. The first kappa shape index (κ1) is 24.7. The van der Waals surface area contributed by atoms with Gasteiger partial charge in [-0.2, -0.15) is 0 Å². The quantitative estimate of drug-likeness (QED) is 0.271. The number of nitrogens with one attached hydrogen (secondary N) is 1. The summed E-state index contributed by atoms with van der Waals surface area (Å²) in [5.41, 5.74) is 1.32. The average Bonchev–Trinajstić information content (AvgIpc) is 2.73. The Morgan fingerprint density at radius 1 is 1.21 bits per heavy atom. The molecule has 3 rings (SSSR count). The predicted octanol–water partition coefficient (Wildman–Crippen LogP) is 3.89. The van der Waals surface area contributed by atoms with Crippen molar-refractivity contribution in [2.45, 2.75) is 13.8 Å². The third-order valence-corrected chi connectivity index (χ3v) is 6.18. The van der Waals surface area contributed by atoms with E-state index >= 15 is 0 Å². The molecule has 2 aromatic rings. The van der Waals surface area contributed by atoms with Crippen molar-refractivity contribution < 1.29 is 33.8 Å². The number of imide groups is 2. The number of hydrogen-bond acceptors (Lipinski definition) is 6. The number of anilines is 1. The molecule has 1 heterocycles. The van der Waals surface area contributed by atoms with Crippen LogP contribution >= 0.6 is 38.5 Å². The monoisotopic (exact) mass is 628 g/mol. The van der Waals surface area contributed by atoms with Crippen LogP contribution in [-0.4, -0.2) is 42.1 Å². The number of ether oxygens (including phenoxy) is 2. The molecule has 0 atom stereocenters. The average molecular weight is 629 g/mol. The third kappa shape index (κ3) is 5.53. The number of carboxylic acid groups (broad SMARTS) is 1. The largest absolute Gasteiger partial charge is 0.490 e. The van der Waals surface area contributed by atoms with Gasteiger partial charge in [-0.3, -0.25) is 14.9 Å². The van der Waals surface area contributed by atoms with Crippen molar-refractivity contribution in [2.24, 2.45) is 0 Å². The van der Waals surface area contributed by atoms with Crippen molar-refractivity contribution in [3.05, 3.63) is 55.1 Å². The topological polar surface area (TPSA) is 122 Å². The van der Waals surface area contributed by atoms with Gasteiger partial charge in [0, 0.05) is 4.47 Å². The lowest BCUT2D eigenvalue weighted by molar-refractivity contribution is -0.139. The summed E-state index contributed by atoms with van der Waals surface area (Å²) in [6.07, 6.45) is 1.34. The minimum Gasteiger partial charge on any atom is -0.490 e. The van der Waals surface area contributed by atoms with E-state index in [1.54, 1.807) is 31.2 Å². The Balaban J connectivity index is 2.02. The van der Waals surface area contributed by atoms with Crippen LogP contribution in [0.2, 0.25) is 0 Å². The maximum atomic E-state index is 13.1. The van der Waals surface area contributed by atoms with Gasteiger partial charge in [0.25, 0.3) is 11.8 Å². The summed E-state index contributed by atoms with van der Waals surface area (Å²) >= 11 is 5.32. The molecular formula is C22H18BrIN2O7. The first-order valence-corrected chi connectivity index (χ1v) is 11.5. The highest BCUT2D eigenvalue weighted by atomic mass is 127. The van der Waals surface area contributed by atoms with Gasteiger partial charge in [0.1, 0.15) is 5.57 Å². The van der Waals surface area contributed by atoms with Gasteiger partial charge < -0.3 is 14.6 Å². The molecule has 1 saturated heterocycles. The van der Waals surface area contributed by atoms with E-state index in [1.165, 1.54) is 12.1 Å². The van der Waals surface area contributed by atoms with Gasteiger partial charge >= 0.3 is 12.0 Å². The number of barbiturate groups is 1. The standard InChI is InChI=1S/C22H18BrIN2O7/c1-3-32-17-9-12(8-16(24)19(17)33-10-18(27)28)7-14-20(29)25-22(31)26(21(14)30)13-4-5-15(23)11(2)6-13/h4-9H,3,10H2,1-2H3,(H,27,28)(H,25,29,31)/b14-7+. The third-order valence-electron chi connectivity index (χ3n) is 4.48. The SMILES string of the molecule is CCOc1cc(/C=C2\C(=O)NC(=O)N(c3ccc(Br)c(C)c3)C2=O)cc(I)c1OCC(=O)O. The number of amides is 4. The molecule has 0 aliphatic carbocycles. The molecule has 0 saturated carbocycles. The molecule has 2 N–H and O–H groups in total. The molecule has 0 unspecified atom stereocenters. The number of carboxylic acids is 1. The lowest BCUT2D eigenvalue weighted by Crippen LogP contribution is -2.54. The minimum atomic E-state index is -1.14. The normalized spacial score (nSPS) is 15.0. The molecule has 1 aliphatic heterocycles. The van der Waals surface area contributed by atoms with Gasteiger partial charge in [-0.25, -0.2) is 14.5 Å². The van der Waals surface area contributed by atoms with Crippen LogP contribution in [0.5, 0.6) is 11.5 Å². The zero-order valence-corrected chi connectivity index (χ0v) is 21.2. The number of hydrogen-bond donors (Lipinski definition) is 2. The van der Waals surface area contributed by atoms with E-state index < -0.39 is 30.4 Å². The fraction of sp³-hybridized carbons (Fsp3) is 0.182. The van der Waals surface area contributed by atoms with Crippen molar-refractivity contribution in [1.29, 1.82) is 0 Å². The van der Waals surface area contributed by atoms with Crippen LogP contribution in [-0.2, 0) is 14.4 Å². The minimum absolute atomic E-state index is 0.239. The summed E-state index contributed by atoms with van der Waals surface area (Å²) in [6.45, 7) is 3.29. The number of aryl methyl sites for hydroxylation is 1. The first-order chi connectivity index (χ1) is 15.6. The Bertz CT molecular complexity index is 1200. The van der Waals surface area contributed by atoms with Gasteiger partial charge in [0.05, 0.1) is 15.9 Å². The fourth-order valence-electron chi connectivity index (χ4n) is 3.03. The molecule has 1 aliphatic rings. The van der Waals surface area contributed by atoms with Crippen LogP contribution in [0.3, 0.4) is 0 Å². The van der Waals surface area contributed by atoms with E-state index in [0.717, 1.165) is 14.9 Å². The zero-order valence-electron chi connectivity index (χ0n) is 17.5. The number of benzene rings is 2. The van der Waals surface area contributed by atoms with Crippen LogP contribution in [0.15, 0.2) is 40.4 Å². The van der Waals surface area contributed by atoms with E-state index in [9.17, 15) is 19.2 Å². The van der Waals surface area contributed by atoms with E-state index in [4.69, 9.17) is 14.6 Å². The zero-order chi connectivity index (χ0) is 24.3. The number of urea groups is 1. The second kappa shape index (κ2) is 10.3. The number of carbonyl (C=O) groups is 4. The van der Waals surface area contributed by atoms with Crippen LogP contribution in [0.1, 0.15) is 18.1 Å². The maximum Gasteiger partial charge on any atom is 0.341 e. The summed E-state index contributed by atoms with van der Waals surface area (Å²) in [5, 5.41) is 11.1. The number of carbonyl (C=O) groups excluding carboxylic acids is 3. The van der Waals surface area contributed by atoms with E-state index in [1.807, 2.05) is 29.5 Å². The summed E-state index contributed by atoms with van der Waals surface area (Å²) in [5.74, 6) is -2.24. The number of nitrogens with zero attached hydrogens (tertiary/aromatic N) is 1. The lowest BCUT2D eigenvalue weighted by atomic mass is 10.1. The molecule has 0 radical (unpaired) electrons. The summed E-state index contributed by atoms with van der Waals surface area (Å²) < 4.78 is 12.2. The molecule has 4 amide bonds.